The fourth-order valence-electron chi connectivity index (χ4n) is 3.77. The molecule has 1 saturated carbocycles. The number of nitrogens with one attached hydrogen (secondary N) is 2. The van der Waals surface area contributed by atoms with Gasteiger partial charge in [0, 0.05) is 38.4 Å². The number of hydrogen-bond donors (Lipinski definition) is 2. The van der Waals surface area contributed by atoms with Crippen LogP contribution in [0.5, 0.6) is 11.6 Å². The molecule has 0 bridgehead atoms. The first kappa shape index (κ1) is 25.5. The lowest BCUT2D eigenvalue weighted by Gasteiger charge is -2.30. The Morgan fingerprint density at radius 3 is 2.44 bits per heavy atom. The molecule has 0 saturated heterocycles. The normalized spacial score (nSPS) is 17.3. The van der Waals surface area contributed by atoms with Gasteiger partial charge in [0.1, 0.15) is 22.3 Å². The van der Waals surface area contributed by atoms with Crippen molar-refractivity contribution >= 4 is 41.7 Å². The van der Waals surface area contributed by atoms with E-state index in [1.807, 2.05) is 49.3 Å². The van der Waals surface area contributed by atoms with Crippen molar-refractivity contribution < 1.29 is 9.53 Å². The van der Waals surface area contributed by atoms with Crippen molar-refractivity contribution in [3.63, 3.8) is 0 Å². The third-order valence-electron chi connectivity index (χ3n) is 5.51. The Bertz CT molecular complexity index is 1090. The van der Waals surface area contributed by atoms with E-state index in [-0.39, 0.29) is 30.4 Å². The van der Waals surface area contributed by atoms with Gasteiger partial charge in [-0.25, -0.2) is 9.97 Å². The average molecular weight is 503 g/mol. The van der Waals surface area contributed by atoms with Crippen LogP contribution in [0.25, 0.3) is 0 Å². The summed E-state index contributed by atoms with van der Waals surface area (Å²) in [4.78, 5) is 27.9. The molecule has 3 aromatic rings. The van der Waals surface area contributed by atoms with Gasteiger partial charge < -0.3 is 20.3 Å². The molecule has 10 heteroatoms. The smallest absolute Gasteiger partial charge is 0.257 e. The summed E-state index contributed by atoms with van der Waals surface area (Å²) in [6.45, 7) is 0. The average Bonchev–Trinajstić information content (AvgIpc) is 2.81. The van der Waals surface area contributed by atoms with E-state index in [1.165, 1.54) is 0 Å². The summed E-state index contributed by atoms with van der Waals surface area (Å²) < 4.78 is 5.83. The molecule has 0 atom stereocenters. The number of carbonyl (C=O) groups is 1. The van der Waals surface area contributed by atoms with E-state index in [1.54, 1.807) is 24.4 Å². The van der Waals surface area contributed by atoms with Gasteiger partial charge in [0.2, 0.25) is 11.8 Å². The van der Waals surface area contributed by atoms with E-state index in [0.717, 1.165) is 31.5 Å². The number of pyridine rings is 1. The number of anilines is 2. The predicted molar refractivity (Wildman–Crippen MR) is 137 cm³/mol. The fourth-order valence-corrected chi connectivity index (χ4v) is 3.95. The van der Waals surface area contributed by atoms with Gasteiger partial charge in [-0.2, -0.15) is 4.98 Å². The van der Waals surface area contributed by atoms with Crippen molar-refractivity contribution in [3.05, 3.63) is 65.4 Å². The first-order valence-corrected chi connectivity index (χ1v) is 11.3. The van der Waals surface area contributed by atoms with Crippen LogP contribution in [-0.2, 0) is 0 Å². The van der Waals surface area contributed by atoms with Crippen molar-refractivity contribution in [3.8, 4) is 11.6 Å². The minimum atomic E-state index is -0.181. The Morgan fingerprint density at radius 1 is 1.03 bits per heavy atom. The SMILES string of the molecule is CN(C)c1cc(Cl)nc(N[C@H]2CC[C@@H](NC(=O)c3cccnc3Oc3ccccc3)CC2)n1.Cl. The summed E-state index contributed by atoms with van der Waals surface area (Å²) in [6.07, 6.45) is 5.09. The molecule has 2 aromatic heterocycles. The molecule has 1 aliphatic rings. The standard InChI is InChI=1S/C24H27ClN6O2.ClH/c1-31(2)21-15-20(25)29-24(30-21)28-17-12-10-16(11-13-17)27-22(32)19-9-6-14-26-23(19)33-18-7-4-3-5-8-18;/h3-9,14-17H,10-13H2,1-2H3,(H,27,32)(H,28,29,30);1H/t16-,17+;. The second-order valence-corrected chi connectivity index (χ2v) is 8.59. The van der Waals surface area contributed by atoms with Crippen LogP contribution in [0, 0.1) is 0 Å². The molecule has 4 rings (SSSR count). The fraction of sp³-hybridized carbons (Fsp3) is 0.333. The monoisotopic (exact) mass is 502 g/mol. The van der Waals surface area contributed by atoms with Gasteiger partial charge in [-0.05, 0) is 49.9 Å². The van der Waals surface area contributed by atoms with Crippen LogP contribution >= 0.6 is 24.0 Å². The number of ether oxygens (including phenoxy) is 1. The topological polar surface area (TPSA) is 92.3 Å². The second-order valence-electron chi connectivity index (χ2n) is 8.20. The highest BCUT2D eigenvalue weighted by Gasteiger charge is 2.25. The summed E-state index contributed by atoms with van der Waals surface area (Å²) in [5, 5.41) is 6.92. The van der Waals surface area contributed by atoms with Crippen LogP contribution < -0.4 is 20.3 Å². The van der Waals surface area contributed by atoms with Gasteiger partial charge in [-0.15, -0.1) is 12.4 Å². The van der Waals surface area contributed by atoms with Crippen molar-refractivity contribution in [2.45, 2.75) is 37.8 Å². The molecule has 2 N–H and O–H groups in total. The van der Waals surface area contributed by atoms with Crippen molar-refractivity contribution in [1.29, 1.82) is 0 Å². The Hall–Kier alpha value is -3.10. The maximum absolute atomic E-state index is 12.9. The summed E-state index contributed by atoms with van der Waals surface area (Å²) in [7, 11) is 3.82. The molecule has 2 heterocycles. The molecular formula is C24H28Cl2N6O2. The maximum atomic E-state index is 12.9. The number of carbonyl (C=O) groups excluding carboxylic acids is 1. The summed E-state index contributed by atoms with van der Waals surface area (Å²) >= 11 is 6.13. The van der Waals surface area contributed by atoms with Gasteiger partial charge in [-0.1, -0.05) is 29.8 Å². The van der Waals surface area contributed by atoms with Gasteiger partial charge >= 0.3 is 0 Å². The van der Waals surface area contributed by atoms with E-state index in [4.69, 9.17) is 16.3 Å². The maximum Gasteiger partial charge on any atom is 0.257 e. The Kier molecular flexibility index (Phi) is 8.90. The molecule has 180 valence electrons. The number of benzene rings is 1. The summed E-state index contributed by atoms with van der Waals surface area (Å²) in [6, 6.07) is 14.8. The zero-order chi connectivity index (χ0) is 23.2. The highest BCUT2D eigenvalue weighted by atomic mass is 35.5. The third kappa shape index (κ3) is 6.71. The molecule has 34 heavy (non-hydrogen) atoms. The van der Waals surface area contributed by atoms with Crippen molar-refractivity contribution in [1.82, 2.24) is 20.3 Å². The highest BCUT2D eigenvalue weighted by molar-refractivity contribution is 6.29. The number of amides is 1. The number of aromatic nitrogens is 3. The third-order valence-corrected chi connectivity index (χ3v) is 5.70. The van der Waals surface area contributed by atoms with Crippen LogP contribution in [-0.4, -0.2) is 47.0 Å². The van der Waals surface area contributed by atoms with E-state index in [9.17, 15) is 4.79 Å². The molecule has 0 spiro atoms. The van der Waals surface area contributed by atoms with Gasteiger partial charge in [0.25, 0.3) is 5.91 Å². The predicted octanol–water partition coefficient (Wildman–Crippen LogP) is 4.96. The highest BCUT2D eigenvalue weighted by Crippen LogP contribution is 2.25. The minimum absolute atomic E-state index is 0. The van der Waals surface area contributed by atoms with E-state index < -0.39 is 0 Å². The Labute approximate surface area is 210 Å². The zero-order valence-electron chi connectivity index (χ0n) is 19.1. The quantitative estimate of drug-likeness (QED) is 0.441. The van der Waals surface area contributed by atoms with E-state index in [2.05, 4.69) is 25.6 Å². The summed E-state index contributed by atoms with van der Waals surface area (Å²) in [5.74, 6) is 2.03. The molecule has 0 aliphatic heterocycles. The van der Waals surface area contributed by atoms with Crippen LogP contribution in [0.3, 0.4) is 0 Å². The van der Waals surface area contributed by atoms with E-state index in [0.29, 0.717) is 28.3 Å². The molecule has 8 nitrogen and oxygen atoms in total. The zero-order valence-corrected chi connectivity index (χ0v) is 20.6. The van der Waals surface area contributed by atoms with Gasteiger partial charge in [-0.3, -0.25) is 4.79 Å². The molecule has 0 unspecified atom stereocenters. The number of nitrogens with zero attached hydrogens (tertiary/aromatic N) is 4. The van der Waals surface area contributed by atoms with Crippen molar-refractivity contribution in [2.24, 2.45) is 0 Å². The number of para-hydroxylation sites is 1. The van der Waals surface area contributed by atoms with Crippen LogP contribution in [0.1, 0.15) is 36.0 Å². The number of halogens is 2. The molecule has 1 fully saturated rings. The lowest BCUT2D eigenvalue weighted by atomic mass is 9.91. The van der Waals surface area contributed by atoms with Crippen LogP contribution in [0.2, 0.25) is 5.15 Å². The van der Waals surface area contributed by atoms with Crippen LogP contribution in [0.15, 0.2) is 54.7 Å². The Balaban J connectivity index is 0.00000324. The number of rotatable bonds is 7. The summed E-state index contributed by atoms with van der Waals surface area (Å²) in [5.41, 5.74) is 0.421. The molecule has 1 aromatic carbocycles. The van der Waals surface area contributed by atoms with Crippen LogP contribution in [0.4, 0.5) is 11.8 Å². The molecule has 1 amide bonds. The number of hydrogen-bond acceptors (Lipinski definition) is 7. The largest absolute Gasteiger partial charge is 0.438 e. The van der Waals surface area contributed by atoms with E-state index >= 15 is 0 Å². The van der Waals surface area contributed by atoms with Crippen molar-refractivity contribution in [2.75, 3.05) is 24.3 Å². The molecule has 1 aliphatic carbocycles. The first-order chi connectivity index (χ1) is 16.0. The molecular weight excluding hydrogens is 475 g/mol. The Morgan fingerprint density at radius 2 is 1.74 bits per heavy atom. The van der Waals surface area contributed by atoms with Gasteiger partial charge in [0.15, 0.2) is 0 Å². The molecule has 0 radical (unpaired) electrons. The first-order valence-electron chi connectivity index (χ1n) is 10.9. The van der Waals surface area contributed by atoms with Gasteiger partial charge in [0.05, 0.1) is 0 Å². The lowest BCUT2D eigenvalue weighted by Crippen LogP contribution is -2.40. The minimum Gasteiger partial charge on any atom is -0.438 e. The lowest BCUT2D eigenvalue weighted by molar-refractivity contribution is 0.0923. The second kappa shape index (κ2) is 11.9.